The van der Waals surface area contributed by atoms with E-state index in [1.807, 2.05) is 36.4 Å². The molecule has 0 bridgehead atoms. The van der Waals surface area contributed by atoms with Gasteiger partial charge in [0.1, 0.15) is 0 Å². The molecule has 0 aliphatic heterocycles. The molecule has 16 heavy (non-hydrogen) atoms. The van der Waals surface area contributed by atoms with Gasteiger partial charge in [-0.25, -0.2) is 0 Å². The lowest BCUT2D eigenvalue weighted by atomic mass is 9.85. The zero-order valence-corrected chi connectivity index (χ0v) is 9.56. The van der Waals surface area contributed by atoms with E-state index in [1.165, 1.54) is 0 Å². The highest BCUT2D eigenvalue weighted by Crippen LogP contribution is 2.23. The third-order valence-corrected chi connectivity index (χ3v) is 2.37. The molecule has 0 fully saturated rings. The van der Waals surface area contributed by atoms with E-state index >= 15 is 0 Å². The number of nitrogens with zero attached hydrogens (tertiary/aromatic N) is 1. The molecule has 1 aromatic rings. The fraction of sp³-hybridized carbons (Fsp3) is 0.385. The molecule has 1 aromatic carbocycles. The number of benzene rings is 1. The Morgan fingerprint density at radius 2 is 2.06 bits per heavy atom. The monoisotopic (exact) mass is 217 g/mol. The Labute approximate surface area is 95.7 Å². The first kappa shape index (κ1) is 12.3. The average molecular weight is 217 g/mol. The lowest BCUT2D eigenvalue weighted by Gasteiger charge is -2.19. The predicted octanol–water partition coefficient (Wildman–Crippen LogP) is 2.32. The van der Waals surface area contributed by atoms with Gasteiger partial charge in [-0.05, 0) is 19.4 Å². The van der Waals surface area contributed by atoms with Crippen molar-refractivity contribution in [2.75, 3.05) is 6.61 Å². The van der Waals surface area contributed by atoms with Crippen LogP contribution in [0.3, 0.4) is 0 Å². The normalized spacial score (nSPS) is 13.6. The van der Waals surface area contributed by atoms with Gasteiger partial charge in [-0.2, -0.15) is 5.26 Å². The Balaban J connectivity index is 2.83. The molecule has 84 valence electrons. The van der Waals surface area contributed by atoms with Crippen molar-refractivity contribution in [3.05, 3.63) is 35.9 Å². The Morgan fingerprint density at radius 1 is 1.44 bits per heavy atom. The van der Waals surface area contributed by atoms with Gasteiger partial charge in [-0.15, -0.1) is 0 Å². The van der Waals surface area contributed by atoms with Crippen LogP contribution in [0.15, 0.2) is 30.3 Å². The maximum Gasteiger partial charge on any atom is 0.326 e. The molecule has 0 aliphatic rings. The van der Waals surface area contributed by atoms with Gasteiger partial charge in [0.05, 0.1) is 12.7 Å². The van der Waals surface area contributed by atoms with Gasteiger partial charge in [-0.3, -0.25) is 4.79 Å². The number of nitriles is 1. The minimum atomic E-state index is -1.10. The third-order valence-electron chi connectivity index (χ3n) is 2.37. The Hall–Kier alpha value is -1.82. The van der Waals surface area contributed by atoms with Crippen molar-refractivity contribution in [2.45, 2.75) is 20.3 Å². The smallest absolute Gasteiger partial charge is 0.326 e. The molecule has 0 amide bonds. The highest BCUT2D eigenvalue weighted by molar-refractivity contribution is 5.79. The zero-order chi connectivity index (χ0) is 12.0. The summed E-state index contributed by atoms with van der Waals surface area (Å²) in [4.78, 5) is 11.7. The fourth-order valence-corrected chi connectivity index (χ4v) is 1.45. The molecule has 0 N–H and O–H groups in total. The second kappa shape index (κ2) is 5.32. The Morgan fingerprint density at radius 3 is 2.56 bits per heavy atom. The molecule has 3 nitrogen and oxygen atoms in total. The van der Waals surface area contributed by atoms with Gasteiger partial charge in [0.2, 0.25) is 0 Å². The molecule has 0 saturated carbocycles. The molecule has 0 spiro atoms. The van der Waals surface area contributed by atoms with E-state index in [0.29, 0.717) is 13.0 Å². The average Bonchev–Trinajstić information content (AvgIpc) is 2.30. The molecule has 0 unspecified atom stereocenters. The summed E-state index contributed by atoms with van der Waals surface area (Å²) in [6.45, 7) is 3.64. The number of carbonyl (C=O) groups is 1. The van der Waals surface area contributed by atoms with Crippen molar-refractivity contribution in [2.24, 2.45) is 5.41 Å². The van der Waals surface area contributed by atoms with Crippen LogP contribution in [0.1, 0.15) is 19.4 Å². The van der Waals surface area contributed by atoms with Crippen LogP contribution in [0.2, 0.25) is 0 Å². The number of ether oxygens (including phenoxy) is 1. The summed E-state index contributed by atoms with van der Waals surface area (Å²) in [6, 6.07) is 11.5. The topological polar surface area (TPSA) is 50.1 Å². The first-order valence-electron chi connectivity index (χ1n) is 5.25. The molecule has 0 aliphatic carbocycles. The van der Waals surface area contributed by atoms with E-state index in [4.69, 9.17) is 10.00 Å². The summed E-state index contributed by atoms with van der Waals surface area (Å²) >= 11 is 0. The number of carbonyl (C=O) groups excluding carboxylic acids is 1. The maximum absolute atomic E-state index is 11.7. The predicted molar refractivity (Wildman–Crippen MR) is 60.5 cm³/mol. The Bertz CT molecular complexity index is 394. The molecule has 0 saturated heterocycles. The molecule has 3 heteroatoms. The highest BCUT2D eigenvalue weighted by atomic mass is 16.5. The summed E-state index contributed by atoms with van der Waals surface area (Å²) in [5, 5.41) is 9.09. The maximum atomic E-state index is 11.7. The molecule has 0 radical (unpaired) electrons. The van der Waals surface area contributed by atoms with E-state index in [2.05, 4.69) is 0 Å². The van der Waals surface area contributed by atoms with Crippen molar-refractivity contribution >= 4 is 5.97 Å². The molecule has 1 atom stereocenters. The van der Waals surface area contributed by atoms with Gasteiger partial charge in [-0.1, -0.05) is 30.3 Å². The standard InChI is InChI=1S/C13H15NO2/c1-3-16-12(15)13(2,10-14)9-11-7-5-4-6-8-11/h4-8H,3,9H2,1-2H3/t13-/m0/s1. The van der Waals surface area contributed by atoms with Crippen molar-refractivity contribution in [3.8, 4) is 6.07 Å². The number of hydrogen-bond acceptors (Lipinski definition) is 3. The summed E-state index contributed by atoms with van der Waals surface area (Å²) in [6.07, 6.45) is 0.378. The van der Waals surface area contributed by atoms with Crippen LogP contribution >= 0.6 is 0 Å². The van der Waals surface area contributed by atoms with Crippen LogP contribution in [0.5, 0.6) is 0 Å². The molecule has 0 heterocycles. The van der Waals surface area contributed by atoms with Crippen LogP contribution in [-0.4, -0.2) is 12.6 Å². The van der Waals surface area contributed by atoms with E-state index in [9.17, 15) is 4.79 Å². The van der Waals surface area contributed by atoms with Crippen molar-refractivity contribution in [3.63, 3.8) is 0 Å². The summed E-state index contributed by atoms with van der Waals surface area (Å²) in [5.74, 6) is -0.457. The van der Waals surface area contributed by atoms with E-state index in [1.54, 1.807) is 13.8 Å². The third kappa shape index (κ3) is 2.83. The highest BCUT2D eigenvalue weighted by Gasteiger charge is 2.35. The lowest BCUT2D eigenvalue weighted by molar-refractivity contribution is -0.151. The van der Waals surface area contributed by atoms with Gasteiger partial charge < -0.3 is 4.74 Å². The second-order valence-electron chi connectivity index (χ2n) is 3.83. The molecule has 0 aromatic heterocycles. The van der Waals surface area contributed by atoms with Gasteiger partial charge >= 0.3 is 5.97 Å². The molecular weight excluding hydrogens is 202 g/mol. The van der Waals surface area contributed by atoms with Gasteiger partial charge in [0, 0.05) is 6.42 Å². The number of hydrogen-bond donors (Lipinski definition) is 0. The van der Waals surface area contributed by atoms with Crippen molar-refractivity contribution in [1.82, 2.24) is 0 Å². The van der Waals surface area contributed by atoms with Crippen LogP contribution in [0.4, 0.5) is 0 Å². The van der Waals surface area contributed by atoms with Gasteiger partial charge in [0.25, 0.3) is 0 Å². The molecular formula is C13H15NO2. The summed E-state index contributed by atoms with van der Waals surface area (Å²) in [5.41, 5.74) is -0.142. The fourth-order valence-electron chi connectivity index (χ4n) is 1.45. The van der Waals surface area contributed by atoms with E-state index < -0.39 is 11.4 Å². The van der Waals surface area contributed by atoms with Crippen LogP contribution in [0.25, 0.3) is 0 Å². The van der Waals surface area contributed by atoms with Gasteiger partial charge in [0.15, 0.2) is 5.41 Å². The summed E-state index contributed by atoms with van der Waals surface area (Å²) < 4.78 is 4.91. The largest absolute Gasteiger partial charge is 0.465 e. The minimum Gasteiger partial charge on any atom is -0.465 e. The van der Waals surface area contributed by atoms with Crippen molar-refractivity contribution in [1.29, 1.82) is 5.26 Å². The Kier molecular flexibility index (Phi) is 4.07. The zero-order valence-electron chi connectivity index (χ0n) is 9.56. The van der Waals surface area contributed by atoms with Crippen LogP contribution in [-0.2, 0) is 16.0 Å². The van der Waals surface area contributed by atoms with Crippen LogP contribution < -0.4 is 0 Å². The minimum absolute atomic E-state index is 0.297. The SMILES string of the molecule is CCOC(=O)[C@](C)(C#N)Cc1ccccc1. The van der Waals surface area contributed by atoms with Crippen LogP contribution in [0, 0.1) is 16.7 Å². The summed E-state index contributed by atoms with van der Waals surface area (Å²) in [7, 11) is 0. The van der Waals surface area contributed by atoms with E-state index in [0.717, 1.165) is 5.56 Å². The second-order valence-corrected chi connectivity index (χ2v) is 3.83. The van der Waals surface area contributed by atoms with E-state index in [-0.39, 0.29) is 0 Å². The number of rotatable bonds is 4. The van der Waals surface area contributed by atoms with Crippen molar-refractivity contribution < 1.29 is 9.53 Å². The first-order chi connectivity index (χ1) is 7.62. The first-order valence-corrected chi connectivity index (χ1v) is 5.25. The lowest BCUT2D eigenvalue weighted by Crippen LogP contribution is -2.30. The molecule has 1 rings (SSSR count). The number of esters is 1. The quantitative estimate of drug-likeness (QED) is 0.727.